The van der Waals surface area contributed by atoms with Crippen molar-refractivity contribution in [3.8, 4) is 11.5 Å². The fourth-order valence-corrected chi connectivity index (χ4v) is 2.59. The summed E-state index contributed by atoms with van der Waals surface area (Å²) >= 11 is 0. The highest BCUT2D eigenvalue weighted by Crippen LogP contribution is 2.16. The molecule has 6 nitrogen and oxygen atoms in total. The maximum Gasteiger partial charge on any atom is 0.313 e. The molecular formula is C23H30N2O4. The van der Waals surface area contributed by atoms with Crippen molar-refractivity contribution < 1.29 is 19.1 Å². The SMILES string of the molecule is CCCCCOc1ccc(NC(=O)C(=O)NCc2ccc(OC(C)C)cc2)cc1. The van der Waals surface area contributed by atoms with Gasteiger partial charge in [0.2, 0.25) is 0 Å². The second-order valence-electron chi connectivity index (χ2n) is 7.03. The molecule has 0 aliphatic rings. The molecule has 2 rings (SSSR count). The van der Waals surface area contributed by atoms with Gasteiger partial charge in [0.05, 0.1) is 12.7 Å². The molecule has 0 saturated carbocycles. The van der Waals surface area contributed by atoms with Crippen LogP contribution in [-0.2, 0) is 16.1 Å². The highest BCUT2D eigenvalue weighted by atomic mass is 16.5. The van der Waals surface area contributed by atoms with Crippen LogP contribution in [0.1, 0.15) is 45.6 Å². The van der Waals surface area contributed by atoms with E-state index < -0.39 is 11.8 Å². The number of carbonyl (C=O) groups excluding carboxylic acids is 2. The molecule has 0 bridgehead atoms. The van der Waals surface area contributed by atoms with E-state index in [0.29, 0.717) is 12.3 Å². The van der Waals surface area contributed by atoms with Gasteiger partial charge in [0.25, 0.3) is 0 Å². The number of amides is 2. The highest BCUT2D eigenvalue weighted by Gasteiger charge is 2.13. The van der Waals surface area contributed by atoms with Crippen LogP contribution in [0.5, 0.6) is 11.5 Å². The summed E-state index contributed by atoms with van der Waals surface area (Å²) in [6.45, 7) is 7.00. The quantitative estimate of drug-likeness (QED) is 0.462. The molecule has 6 heteroatoms. The van der Waals surface area contributed by atoms with Crippen molar-refractivity contribution >= 4 is 17.5 Å². The minimum atomic E-state index is -0.707. The first-order valence-electron chi connectivity index (χ1n) is 10.1. The molecule has 0 aliphatic heterocycles. The molecule has 0 unspecified atom stereocenters. The topological polar surface area (TPSA) is 76.7 Å². The normalized spacial score (nSPS) is 10.5. The Morgan fingerprint density at radius 2 is 1.55 bits per heavy atom. The Hall–Kier alpha value is -3.02. The van der Waals surface area contributed by atoms with Crippen LogP contribution < -0.4 is 20.1 Å². The summed E-state index contributed by atoms with van der Waals surface area (Å²) in [4.78, 5) is 24.1. The van der Waals surface area contributed by atoms with Crippen LogP contribution in [-0.4, -0.2) is 24.5 Å². The van der Waals surface area contributed by atoms with E-state index in [0.717, 1.165) is 36.3 Å². The predicted octanol–water partition coefficient (Wildman–Crippen LogP) is 4.30. The molecule has 0 radical (unpaired) electrons. The predicted molar refractivity (Wildman–Crippen MR) is 114 cm³/mol. The Morgan fingerprint density at radius 1 is 0.897 bits per heavy atom. The fourth-order valence-electron chi connectivity index (χ4n) is 2.59. The Bertz CT molecular complexity index is 770. The summed E-state index contributed by atoms with van der Waals surface area (Å²) in [5.74, 6) is 0.118. The average Bonchev–Trinajstić information content (AvgIpc) is 2.71. The lowest BCUT2D eigenvalue weighted by Gasteiger charge is -2.11. The largest absolute Gasteiger partial charge is 0.494 e. The maximum absolute atomic E-state index is 12.1. The van der Waals surface area contributed by atoms with Crippen LogP contribution in [0.15, 0.2) is 48.5 Å². The molecule has 2 aromatic carbocycles. The van der Waals surface area contributed by atoms with E-state index in [1.54, 1.807) is 24.3 Å². The molecule has 0 saturated heterocycles. The van der Waals surface area contributed by atoms with E-state index >= 15 is 0 Å². The zero-order valence-electron chi connectivity index (χ0n) is 17.4. The molecule has 0 fully saturated rings. The molecule has 2 N–H and O–H groups in total. The summed E-state index contributed by atoms with van der Waals surface area (Å²) in [5.41, 5.74) is 1.42. The Labute approximate surface area is 172 Å². The zero-order valence-corrected chi connectivity index (χ0v) is 17.4. The van der Waals surface area contributed by atoms with Crippen LogP contribution in [0.4, 0.5) is 5.69 Å². The highest BCUT2D eigenvalue weighted by molar-refractivity contribution is 6.39. The number of nitrogens with one attached hydrogen (secondary N) is 2. The van der Waals surface area contributed by atoms with Crippen molar-refractivity contribution in [3.05, 3.63) is 54.1 Å². The Morgan fingerprint density at radius 3 is 2.17 bits per heavy atom. The summed E-state index contributed by atoms with van der Waals surface area (Å²) < 4.78 is 11.2. The molecule has 0 atom stereocenters. The number of ether oxygens (including phenoxy) is 2. The Balaban J connectivity index is 1.76. The Kier molecular flexibility index (Phi) is 9.02. The van der Waals surface area contributed by atoms with Crippen molar-refractivity contribution in [2.24, 2.45) is 0 Å². The number of benzene rings is 2. The first-order valence-corrected chi connectivity index (χ1v) is 10.1. The number of carbonyl (C=O) groups is 2. The van der Waals surface area contributed by atoms with Gasteiger partial charge in [-0.1, -0.05) is 31.9 Å². The van der Waals surface area contributed by atoms with Gasteiger partial charge in [-0.25, -0.2) is 0 Å². The molecule has 156 valence electrons. The van der Waals surface area contributed by atoms with Crippen molar-refractivity contribution in [2.45, 2.75) is 52.7 Å². The lowest BCUT2D eigenvalue weighted by atomic mass is 10.2. The van der Waals surface area contributed by atoms with Gasteiger partial charge in [-0.2, -0.15) is 0 Å². The van der Waals surface area contributed by atoms with Gasteiger partial charge in [-0.15, -0.1) is 0 Å². The smallest absolute Gasteiger partial charge is 0.313 e. The van der Waals surface area contributed by atoms with Gasteiger partial charge < -0.3 is 20.1 Å². The van der Waals surface area contributed by atoms with Gasteiger partial charge in [0, 0.05) is 12.2 Å². The third kappa shape index (κ3) is 8.25. The molecular weight excluding hydrogens is 368 g/mol. The molecule has 2 amide bonds. The van der Waals surface area contributed by atoms with E-state index in [1.807, 2.05) is 38.1 Å². The second kappa shape index (κ2) is 11.7. The maximum atomic E-state index is 12.1. The van der Waals surface area contributed by atoms with Crippen molar-refractivity contribution in [1.82, 2.24) is 5.32 Å². The minimum Gasteiger partial charge on any atom is -0.494 e. The van der Waals surface area contributed by atoms with E-state index in [-0.39, 0.29) is 12.6 Å². The average molecular weight is 399 g/mol. The van der Waals surface area contributed by atoms with Gasteiger partial charge in [-0.3, -0.25) is 9.59 Å². The lowest BCUT2D eigenvalue weighted by molar-refractivity contribution is -0.136. The van der Waals surface area contributed by atoms with Gasteiger partial charge >= 0.3 is 11.8 Å². The van der Waals surface area contributed by atoms with Crippen LogP contribution in [0.2, 0.25) is 0 Å². The summed E-state index contributed by atoms with van der Waals surface area (Å²) in [5, 5.41) is 5.20. The van der Waals surface area contributed by atoms with Crippen LogP contribution in [0, 0.1) is 0 Å². The summed E-state index contributed by atoms with van der Waals surface area (Å²) in [7, 11) is 0. The fraction of sp³-hybridized carbons (Fsp3) is 0.391. The van der Waals surface area contributed by atoms with E-state index in [2.05, 4.69) is 17.6 Å². The van der Waals surface area contributed by atoms with E-state index in [9.17, 15) is 9.59 Å². The lowest BCUT2D eigenvalue weighted by Crippen LogP contribution is -2.34. The number of unbranched alkanes of at least 4 members (excludes halogenated alkanes) is 2. The first-order chi connectivity index (χ1) is 14.0. The van der Waals surface area contributed by atoms with Crippen molar-refractivity contribution in [2.75, 3.05) is 11.9 Å². The van der Waals surface area contributed by atoms with Gasteiger partial charge in [0.15, 0.2) is 0 Å². The molecule has 0 spiro atoms. The number of anilines is 1. The van der Waals surface area contributed by atoms with Crippen LogP contribution >= 0.6 is 0 Å². The zero-order chi connectivity index (χ0) is 21.1. The molecule has 29 heavy (non-hydrogen) atoms. The number of hydrogen-bond acceptors (Lipinski definition) is 4. The van der Waals surface area contributed by atoms with E-state index in [4.69, 9.17) is 9.47 Å². The van der Waals surface area contributed by atoms with Crippen LogP contribution in [0.25, 0.3) is 0 Å². The van der Waals surface area contributed by atoms with Gasteiger partial charge in [0.1, 0.15) is 11.5 Å². The standard InChI is InChI=1S/C23H30N2O4/c1-4-5-6-15-28-20-13-9-19(10-14-20)25-23(27)22(26)24-16-18-7-11-21(12-8-18)29-17(2)3/h7-14,17H,4-6,15-16H2,1-3H3,(H,24,26)(H,25,27). The minimum absolute atomic E-state index is 0.103. The third-order valence-electron chi connectivity index (χ3n) is 4.08. The number of hydrogen-bond donors (Lipinski definition) is 2. The van der Waals surface area contributed by atoms with Crippen LogP contribution in [0.3, 0.4) is 0 Å². The summed E-state index contributed by atoms with van der Waals surface area (Å²) in [6.07, 6.45) is 3.40. The third-order valence-corrected chi connectivity index (χ3v) is 4.08. The first kappa shape index (κ1) is 22.3. The molecule has 0 aromatic heterocycles. The second-order valence-corrected chi connectivity index (χ2v) is 7.03. The van der Waals surface area contributed by atoms with E-state index in [1.165, 1.54) is 0 Å². The van der Waals surface area contributed by atoms with Gasteiger partial charge in [-0.05, 0) is 62.2 Å². The molecule has 0 heterocycles. The molecule has 0 aliphatic carbocycles. The monoisotopic (exact) mass is 398 g/mol. The van der Waals surface area contributed by atoms with Crippen molar-refractivity contribution in [1.29, 1.82) is 0 Å². The number of rotatable bonds is 10. The van der Waals surface area contributed by atoms with Crippen molar-refractivity contribution in [3.63, 3.8) is 0 Å². The molecule has 2 aromatic rings. The summed E-state index contributed by atoms with van der Waals surface area (Å²) in [6, 6.07) is 14.4.